The number of benzene rings is 2. The number of hydrogen-bond acceptors (Lipinski definition) is 4. The summed E-state index contributed by atoms with van der Waals surface area (Å²) in [4.78, 5) is 0.223. The molecule has 1 saturated carbocycles. The highest BCUT2D eigenvalue weighted by molar-refractivity contribution is 7.86. The fourth-order valence-corrected chi connectivity index (χ4v) is 4.68. The van der Waals surface area contributed by atoms with E-state index in [1.54, 1.807) is 31.4 Å². The van der Waals surface area contributed by atoms with Gasteiger partial charge in [-0.3, -0.25) is 4.18 Å². The molecular weight excluding hydrogens is 348 g/mol. The van der Waals surface area contributed by atoms with E-state index in [0.29, 0.717) is 0 Å². The van der Waals surface area contributed by atoms with Gasteiger partial charge in [0, 0.05) is 5.92 Å². The number of hydrogen-bond donors (Lipinski definition) is 0. The Hall–Kier alpha value is -1.85. The SMILES string of the molecule is COc1ccc([C@@H]2CCCCC[C@@H]2OS(=O)(=O)c2ccc(C)cc2)cc1. The lowest BCUT2D eigenvalue weighted by Crippen LogP contribution is -2.25. The summed E-state index contributed by atoms with van der Waals surface area (Å²) in [5.41, 5.74) is 2.13. The molecule has 0 N–H and O–H groups in total. The van der Waals surface area contributed by atoms with Crippen molar-refractivity contribution in [3.05, 3.63) is 59.7 Å². The van der Waals surface area contributed by atoms with Crippen LogP contribution >= 0.6 is 0 Å². The van der Waals surface area contributed by atoms with E-state index >= 15 is 0 Å². The molecule has 0 bridgehead atoms. The van der Waals surface area contributed by atoms with Crippen LogP contribution in [-0.4, -0.2) is 21.6 Å². The molecule has 5 heteroatoms. The Morgan fingerprint density at radius 1 is 0.885 bits per heavy atom. The lowest BCUT2D eigenvalue weighted by Gasteiger charge is -2.25. The van der Waals surface area contributed by atoms with Gasteiger partial charge in [0.2, 0.25) is 0 Å². The van der Waals surface area contributed by atoms with Crippen LogP contribution in [-0.2, 0) is 14.3 Å². The van der Waals surface area contributed by atoms with Crippen molar-refractivity contribution in [2.45, 2.75) is 55.9 Å². The van der Waals surface area contributed by atoms with E-state index in [1.165, 1.54) is 0 Å². The van der Waals surface area contributed by atoms with E-state index in [-0.39, 0.29) is 16.9 Å². The standard InChI is InChI=1S/C21H26O4S/c1-16-8-14-19(15-9-16)26(22,23)25-21-7-5-3-4-6-20(21)17-10-12-18(24-2)13-11-17/h8-15,20-21H,3-7H2,1-2H3/t20-,21-/m0/s1. The van der Waals surface area contributed by atoms with Crippen molar-refractivity contribution in [1.29, 1.82) is 0 Å². The van der Waals surface area contributed by atoms with Crippen LogP contribution in [0.5, 0.6) is 5.75 Å². The summed E-state index contributed by atoms with van der Waals surface area (Å²) in [5, 5.41) is 0. The van der Waals surface area contributed by atoms with Gasteiger partial charge in [0.15, 0.2) is 0 Å². The summed E-state index contributed by atoms with van der Waals surface area (Å²) >= 11 is 0. The summed E-state index contributed by atoms with van der Waals surface area (Å²) in [6.45, 7) is 1.93. The Morgan fingerprint density at radius 2 is 1.54 bits per heavy atom. The number of rotatable bonds is 5. The van der Waals surface area contributed by atoms with Gasteiger partial charge < -0.3 is 4.74 Å². The van der Waals surface area contributed by atoms with Crippen molar-refractivity contribution in [3.63, 3.8) is 0 Å². The average Bonchev–Trinajstić information content (AvgIpc) is 2.87. The molecule has 1 fully saturated rings. The molecule has 0 heterocycles. The average molecular weight is 375 g/mol. The highest BCUT2D eigenvalue weighted by Gasteiger charge is 2.31. The summed E-state index contributed by atoms with van der Waals surface area (Å²) in [5.74, 6) is 0.871. The van der Waals surface area contributed by atoms with Crippen molar-refractivity contribution in [1.82, 2.24) is 0 Å². The third kappa shape index (κ3) is 4.46. The molecule has 2 aromatic rings. The van der Waals surface area contributed by atoms with Gasteiger partial charge in [-0.2, -0.15) is 8.42 Å². The van der Waals surface area contributed by atoms with Gasteiger partial charge in [-0.25, -0.2) is 0 Å². The monoisotopic (exact) mass is 374 g/mol. The summed E-state index contributed by atoms with van der Waals surface area (Å²) in [6, 6.07) is 14.7. The van der Waals surface area contributed by atoms with Crippen LogP contribution in [0.1, 0.15) is 49.1 Å². The van der Waals surface area contributed by atoms with E-state index in [1.807, 2.05) is 31.2 Å². The van der Waals surface area contributed by atoms with Gasteiger partial charge in [0.1, 0.15) is 5.75 Å². The molecule has 0 aliphatic heterocycles. The van der Waals surface area contributed by atoms with Gasteiger partial charge >= 0.3 is 0 Å². The molecule has 0 unspecified atom stereocenters. The van der Waals surface area contributed by atoms with Crippen LogP contribution in [0.2, 0.25) is 0 Å². The van der Waals surface area contributed by atoms with Crippen molar-refractivity contribution >= 4 is 10.1 Å². The van der Waals surface area contributed by atoms with E-state index in [0.717, 1.165) is 49.0 Å². The van der Waals surface area contributed by atoms with Crippen LogP contribution in [0.4, 0.5) is 0 Å². The smallest absolute Gasteiger partial charge is 0.297 e. The zero-order valence-corrected chi connectivity index (χ0v) is 16.2. The molecular formula is C21H26O4S. The molecule has 2 atom stereocenters. The molecule has 0 radical (unpaired) electrons. The second-order valence-corrected chi connectivity index (χ2v) is 8.49. The molecule has 3 rings (SSSR count). The Bertz CT molecular complexity index is 810. The van der Waals surface area contributed by atoms with Crippen molar-refractivity contribution in [2.24, 2.45) is 0 Å². The van der Waals surface area contributed by atoms with Gasteiger partial charge in [-0.15, -0.1) is 0 Å². The first-order valence-corrected chi connectivity index (χ1v) is 10.5. The predicted octanol–water partition coefficient (Wildman–Crippen LogP) is 4.83. The molecule has 0 spiro atoms. The minimum atomic E-state index is -3.77. The zero-order chi connectivity index (χ0) is 18.6. The fourth-order valence-electron chi connectivity index (χ4n) is 3.54. The summed E-state index contributed by atoms with van der Waals surface area (Å²) in [6.07, 6.45) is 4.53. The molecule has 1 aliphatic carbocycles. The number of ether oxygens (including phenoxy) is 1. The topological polar surface area (TPSA) is 52.6 Å². The highest BCUT2D eigenvalue weighted by Crippen LogP contribution is 2.36. The van der Waals surface area contributed by atoms with Gasteiger partial charge in [-0.05, 0) is 49.6 Å². The molecule has 4 nitrogen and oxygen atoms in total. The molecule has 1 aliphatic rings. The van der Waals surface area contributed by atoms with E-state index in [4.69, 9.17) is 8.92 Å². The maximum absolute atomic E-state index is 12.8. The quantitative estimate of drug-likeness (QED) is 0.556. The van der Waals surface area contributed by atoms with Crippen molar-refractivity contribution in [3.8, 4) is 5.75 Å². The summed E-state index contributed by atoms with van der Waals surface area (Å²) in [7, 11) is -2.13. The maximum atomic E-state index is 12.8. The Kier molecular flexibility index (Phi) is 5.99. The maximum Gasteiger partial charge on any atom is 0.297 e. The van der Waals surface area contributed by atoms with E-state index in [2.05, 4.69) is 0 Å². The molecule has 26 heavy (non-hydrogen) atoms. The predicted molar refractivity (Wildman–Crippen MR) is 102 cm³/mol. The number of aryl methyl sites for hydroxylation is 1. The van der Waals surface area contributed by atoms with Crippen molar-refractivity contribution < 1.29 is 17.3 Å². The van der Waals surface area contributed by atoms with Gasteiger partial charge in [0.05, 0.1) is 18.1 Å². The second-order valence-electron chi connectivity index (χ2n) is 6.92. The second kappa shape index (κ2) is 8.23. The van der Waals surface area contributed by atoms with E-state index in [9.17, 15) is 8.42 Å². The molecule has 140 valence electrons. The third-order valence-corrected chi connectivity index (χ3v) is 6.41. The van der Waals surface area contributed by atoms with Crippen LogP contribution in [0.3, 0.4) is 0 Å². The first-order chi connectivity index (χ1) is 12.5. The van der Waals surface area contributed by atoms with Crippen LogP contribution in [0.15, 0.2) is 53.4 Å². The minimum Gasteiger partial charge on any atom is -0.497 e. The lowest BCUT2D eigenvalue weighted by atomic mass is 9.89. The van der Waals surface area contributed by atoms with Crippen LogP contribution < -0.4 is 4.74 Å². The Labute approximate surface area is 156 Å². The molecule has 0 aromatic heterocycles. The van der Waals surface area contributed by atoms with Gasteiger partial charge in [0.25, 0.3) is 10.1 Å². The Balaban J connectivity index is 1.85. The van der Waals surface area contributed by atoms with Gasteiger partial charge in [-0.1, -0.05) is 49.1 Å². The first kappa shape index (κ1) is 18.9. The number of methoxy groups -OCH3 is 1. The van der Waals surface area contributed by atoms with Crippen LogP contribution in [0, 0.1) is 6.92 Å². The van der Waals surface area contributed by atoms with Crippen LogP contribution in [0.25, 0.3) is 0 Å². The molecule has 0 saturated heterocycles. The third-order valence-electron chi connectivity index (χ3n) is 5.06. The Morgan fingerprint density at radius 3 is 2.19 bits per heavy atom. The largest absolute Gasteiger partial charge is 0.497 e. The van der Waals surface area contributed by atoms with E-state index < -0.39 is 10.1 Å². The normalized spacial score (nSPS) is 21.2. The van der Waals surface area contributed by atoms with Crippen molar-refractivity contribution in [2.75, 3.05) is 7.11 Å². The highest BCUT2D eigenvalue weighted by atomic mass is 32.2. The zero-order valence-electron chi connectivity index (χ0n) is 15.4. The minimum absolute atomic E-state index is 0.0728. The lowest BCUT2D eigenvalue weighted by molar-refractivity contribution is 0.168. The molecule has 2 aromatic carbocycles. The fraction of sp³-hybridized carbons (Fsp3) is 0.429. The summed E-state index contributed by atoms with van der Waals surface area (Å²) < 4.78 is 36.5. The molecule has 0 amide bonds. The first-order valence-electron chi connectivity index (χ1n) is 9.13.